The number of hydrogen-bond donors (Lipinski definition) is 1. The first-order valence-corrected chi connectivity index (χ1v) is 7.67. The molecule has 15 heavy (non-hydrogen) atoms. The van der Waals surface area contributed by atoms with Gasteiger partial charge < -0.3 is 5.32 Å². The molecule has 0 aliphatic rings. The van der Waals surface area contributed by atoms with Crippen LogP contribution in [0.2, 0.25) is 0 Å². The molecule has 86 valence electrons. The molecule has 1 rings (SSSR count). The van der Waals surface area contributed by atoms with Crippen LogP contribution in [0, 0.1) is 0 Å². The summed E-state index contributed by atoms with van der Waals surface area (Å²) in [6.45, 7) is 6.75. The van der Waals surface area contributed by atoms with Gasteiger partial charge in [0, 0.05) is 17.8 Å². The van der Waals surface area contributed by atoms with Crippen molar-refractivity contribution in [1.82, 2.24) is 5.32 Å². The number of rotatable bonds is 7. The lowest BCUT2D eigenvalue weighted by Crippen LogP contribution is -2.37. The van der Waals surface area contributed by atoms with Gasteiger partial charge >= 0.3 is 0 Å². The third-order valence-corrected chi connectivity index (χ3v) is 4.14. The largest absolute Gasteiger partial charge is 0.311 e. The molecule has 1 aromatic heterocycles. The maximum absolute atomic E-state index is 3.64. The molecule has 0 saturated carbocycles. The predicted molar refractivity (Wildman–Crippen MR) is 73.1 cm³/mol. The van der Waals surface area contributed by atoms with Gasteiger partial charge in [0.15, 0.2) is 0 Å². The minimum Gasteiger partial charge on any atom is -0.311 e. The number of hydrogen-bond acceptors (Lipinski definition) is 3. The monoisotopic (exact) mass is 243 g/mol. The van der Waals surface area contributed by atoms with E-state index in [4.69, 9.17) is 0 Å². The molecule has 0 amide bonds. The van der Waals surface area contributed by atoms with Crippen molar-refractivity contribution in [2.45, 2.75) is 39.3 Å². The van der Waals surface area contributed by atoms with E-state index < -0.39 is 0 Å². The van der Waals surface area contributed by atoms with Crippen molar-refractivity contribution in [3.8, 4) is 0 Å². The van der Waals surface area contributed by atoms with Crippen LogP contribution in [0.3, 0.4) is 0 Å². The van der Waals surface area contributed by atoms with Crippen molar-refractivity contribution >= 4 is 23.1 Å². The van der Waals surface area contributed by atoms with Crippen LogP contribution in [-0.4, -0.2) is 23.6 Å². The van der Waals surface area contributed by atoms with Crippen LogP contribution >= 0.6 is 23.1 Å². The Morgan fingerprint density at radius 1 is 1.40 bits per heavy atom. The zero-order valence-electron chi connectivity index (χ0n) is 9.82. The molecule has 3 heteroatoms. The van der Waals surface area contributed by atoms with Gasteiger partial charge in [0.25, 0.3) is 0 Å². The van der Waals surface area contributed by atoms with Gasteiger partial charge in [-0.2, -0.15) is 23.1 Å². The maximum Gasteiger partial charge on any atom is 0.0132 e. The molecule has 0 fully saturated rings. The molecule has 2 atom stereocenters. The molecule has 1 N–H and O–H groups in total. The average molecular weight is 243 g/mol. The highest BCUT2D eigenvalue weighted by Crippen LogP contribution is 2.09. The van der Waals surface area contributed by atoms with Crippen molar-refractivity contribution in [2.75, 3.05) is 11.5 Å². The van der Waals surface area contributed by atoms with Crippen molar-refractivity contribution in [3.05, 3.63) is 22.4 Å². The smallest absolute Gasteiger partial charge is 0.0132 e. The summed E-state index contributed by atoms with van der Waals surface area (Å²) >= 11 is 3.79. The van der Waals surface area contributed by atoms with E-state index in [2.05, 4.69) is 42.9 Å². The summed E-state index contributed by atoms with van der Waals surface area (Å²) in [4.78, 5) is 0. The third kappa shape index (κ3) is 5.59. The molecule has 1 aromatic rings. The van der Waals surface area contributed by atoms with Gasteiger partial charge in [-0.1, -0.05) is 6.92 Å². The summed E-state index contributed by atoms with van der Waals surface area (Å²) in [7, 11) is 0. The summed E-state index contributed by atoms with van der Waals surface area (Å²) in [5.74, 6) is 2.43. The first kappa shape index (κ1) is 13.1. The van der Waals surface area contributed by atoms with E-state index >= 15 is 0 Å². The van der Waals surface area contributed by atoms with Gasteiger partial charge in [-0.05, 0) is 48.4 Å². The number of thioether (sulfide) groups is 1. The van der Waals surface area contributed by atoms with Gasteiger partial charge in [-0.3, -0.25) is 0 Å². The fraction of sp³-hybridized carbons (Fsp3) is 0.667. The second kappa shape index (κ2) is 7.31. The van der Waals surface area contributed by atoms with Gasteiger partial charge in [0.05, 0.1) is 0 Å². The zero-order chi connectivity index (χ0) is 11.1. The fourth-order valence-corrected chi connectivity index (χ4v) is 3.02. The summed E-state index contributed by atoms with van der Waals surface area (Å²) < 4.78 is 0. The molecule has 0 radical (unpaired) electrons. The Morgan fingerprint density at radius 2 is 2.20 bits per heavy atom. The summed E-state index contributed by atoms with van der Waals surface area (Å²) in [6, 6.07) is 3.41. The second-order valence-electron chi connectivity index (χ2n) is 3.96. The lowest BCUT2D eigenvalue weighted by molar-refractivity contribution is 0.492. The Kier molecular flexibility index (Phi) is 6.37. The van der Waals surface area contributed by atoms with Gasteiger partial charge in [0.2, 0.25) is 0 Å². The quantitative estimate of drug-likeness (QED) is 0.787. The normalized spacial score (nSPS) is 15.1. The fourth-order valence-electron chi connectivity index (χ4n) is 1.65. The van der Waals surface area contributed by atoms with E-state index in [1.165, 1.54) is 17.1 Å². The Morgan fingerprint density at radius 3 is 2.80 bits per heavy atom. The standard InChI is InChI=1S/C12H21NS2/c1-4-14-8-11(3)13-10(2)7-12-5-6-15-9-12/h5-6,9-11,13H,4,7-8H2,1-3H3. The van der Waals surface area contributed by atoms with Gasteiger partial charge in [-0.25, -0.2) is 0 Å². The van der Waals surface area contributed by atoms with Gasteiger partial charge in [-0.15, -0.1) is 0 Å². The van der Waals surface area contributed by atoms with Crippen molar-refractivity contribution in [2.24, 2.45) is 0 Å². The molecule has 2 unspecified atom stereocenters. The lowest BCUT2D eigenvalue weighted by Gasteiger charge is -2.19. The minimum atomic E-state index is 0.576. The lowest BCUT2D eigenvalue weighted by atomic mass is 10.1. The highest BCUT2D eigenvalue weighted by atomic mass is 32.2. The second-order valence-corrected chi connectivity index (χ2v) is 6.06. The van der Waals surface area contributed by atoms with E-state index in [0.717, 1.165) is 6.42 Å². The van der Waals surface area contributed by atoms with Crippen molar-refractivity contribution in [1.29, 1.82) is 0 Å². The summed E-state index contributed by atoms with van der Waals surface area (Å²) in [5, 5.41) is 8.03. The van der Waals surface area contributed by atoms with Crippen LogP contribution in [0.5, 0.6) is 0 Å². The van der Waals surface area contributed by atoms with E-state index in [9.17, 15) is 0 Å². The van der Waals surface area contributed by atoms with Crippen LogP contribution in [0.4, 0.5) is 0 Å². The summed E-state index contributed by atoms with van der Waals surface area (Å²) in [5.41, 5.74) is 1.45. The highest BCUT2D eigenvalue weighted by Gasteiger charge is 2.07. The van der Waals surface area contributed by atoms with Crippen LogP contribution in [0.25, 0.3) is 0 Å². The number of nitrogens with one attached hydrogen (secondary N) is 1. The first-order chi connectivity index (χ1) is 7.22. The van der Waals surface area contributed by atoms with Crippen molar-refractivity contribution in [3.63, 3.8) is 0 Å². The molecular formula is C12H21NS2. The van der Waals surface area contributed by atoms with Crippen LogP contribution < -0.4 is 5.32 Å². The van der Waals surface area contributed by atoms with Crippen LogP contribution in [-0.2, 0) is 6.42 Å². The molecule has 1 nitrogen and oxygen atoms in total. The molecule has 0 spiro atoms. The average Bonchev–Trinajstić information content (AvgIpc) is 2.67. The topological polar surface area (TPSA) is 12.0 Å². The Labute approximate surface area is 102 Å². The van der Waals surface area contributed by atoms with E-state index in [-0.39, 0.29) is 0 Å². The summed E-state index contributed by atoms with van der Waals surface area (Å²) in [6.07, 6.45) is 1.14. The van der Waals surface area contributed by atoms with Crippen LogP contribution in [0.15, 0.2) is 16.8 Å². The number of thiophene rings is 1. The third-order valence-electron chi connectivity index (χ3n) is 2.26. The molecule has 0 aliphatic carbocycles. The molecule has 1 heterocycles. The predicted octanol–water partition coefficient (Wildman–Crippen LogP) is 3.41. The highest BCUT2D eigenvalue weighted by molar-refractivity contribution is 7.99. The molecule has 0 saturated heterocycles. The van der Waals surface area contributed by atoms with E-state index in [1.807, 2.05) is 11.8 Å². The van der Waals surface area contributed by atoms with Crippen molar-refractivity contribution < 1.29 is 0 Å². The molecular weight excluding hydrogens is 222 g/mol. The zero-order valence-corrected chi connectivity index (χ0v) is 11.5. The van der Waals surface area contributed by atoms with E-state index in [0.29, 0.717) is 12.1 Å². The molecule has 0 aliphatic heterocycles. The SMILES string of the molecule is CCSCC(C)NC(C)Cc1ccsc1. The molecule has 0 bridgehead atoms. The van der Waals surface area contributed by atoms with E-state index in [1.54, 1.807) is 11.3 Å². The minimum absolute atomic E-state index is 0.576. The molecule has 0 aromatic carbocycles. The van der Waals surface area contributed by atoms with Gasteiger partial charge in [0.1, 0.15) is 0 Å². The Balaban J connectivity index is 2.20. The van der Waals surface area contributed by atoms with Crippen LogP contribution in [0.1, 0.15) is 26.3 Å². The maximum atomic E-state index is 3.64. The Hall–Kier alpha value is 0.01000. The Bertz CT molecular complexity index is 246. The first-order valence-electron chi connectivity index (χ1n) is 5.57.